The van der Waals surface area contributed by atoms with Crippen LogP contribution in [0.5, 0.6) is 0 Å². The van der Waals surface area contributed by atoms with Crippen LogP contribution in [-0.2, 0) is 19.4 Å². The summed E-state index contributed by atoms with van der Waals surface area (Å²) in [6.07, 6.45) is 1.50. The van der Waals surface area contributed by atoms with Gasteiger partial charge in [0, 0.05) is 31.5 Å². The smallest absolute Gasteiger partial charge is 0.354 e. The third kappa shape index (κ3) is 2.61. The van der Waals surface area contributed by atoms with E-state index in [4.69, 9.17) is 0 Å². The van der Waals surface area contributed by atoms with Crippen LogP contribution in [0.1, 0.15) is 41.4 Å². The van der Waals surface area contributed by atoms with E-state index in [1.807, 2.05) is 0 Å². The maximum Gasteiger partial charge on any atom is 0.354 e. The fourth-order valence-electron chi connectivity index (χ4n) is 2.03. The van der Waals surface area contributed by atoms with Crippen molar-refractivity contribution in [3.05, 3.63) is 22.8 Å². The first-order valence-electron chi connectivity index (χ1n) is 5.90. The zero-order valence-electron chi connectivity index (χ0n) is 10.2. The maximum atomic E-state index is 11.2. The first kappa shape index (κ1) is 12.0. The molecule has 2 heterocycles. The first-order valence-corrected chi connectivity index (χ1v) is 5.90. The number of hydrogen-bond donors (Lipinski definition) is 2. The molecule has 0 spiro atoms. The number of hydrogen-bond acceptors (Lipinski definition) is 4. The molecule has 1 aliphatic rings. The molecule has 2 rings (SSSR count). The van der Waals surface area contributed by atoms with E-state index in [1.54, 1.807) is 0 Å². The van der Waals surface area contributed by atoms with Gasteiger partial charge in [0.2, 0.25) is 0 Å². The summed E-state index contributed by atoms with van der Waals surface area (Å²) in [6, 6.07) is 0. The van der Waals surface area contributed by atoms with Crippen LogP contribution in [0.3, 0.4) is 0 Å². The molecule has 0 aliphatic carbocycles. The second-order valence-electron chi connectivity index (χ2n) is 4.74. The molecule has 5 nitrogen and oxygen atoms in total. The van der Waals surface area contributed by atoms with Gasteiger partial charge < -0.3 is 10.4 Å². The van der Waals surface area contributed by atoms with Gasteiger partial charge >= 0.3 is 5.97 Å². The van der Waals surface area contributed by atoms with Crippen molar-refractivity contribution in [1.82, 2.24) is 15.3 Å². The van der Waals surface area contributed by atoms with Crippen LogP contribution in [0.15, 0.2) is 0 Å². The molecule has 1 aliphatic heterocycles. The number of carboxylic acids is 1. The number of aromatic nitrogens is 2. The Bertz CT molecular complexity index is 444. The summed E-state index contributed by atoms with van der Waals surface area (Å²) in [7, 11) is 0. The van der Waals surface area contributed by atoms with Crippen LogP contribution >= 0.6 is 0 Å². The zero-order valence-corrected chi connectivity index (χ0v) is 10.2. The predicted molar refractivity (Wildman–Crippen MR) is 62.9 cm³/mol. The van der Waals surface area contributed by atoms with Crippen molar-refractivity contribution in [2.45, 2.75) is 33.2 Å². The van der Waals surface area contributed by atoms with Crippen LogP contribution in [0, 0.1) is 5.92 Å². The highest BCUT2D eigenvalue weighted by molar-refractivity contribution is 5.87. The van der Waals surface area contributed by atoms with Crippen LogP contribution in [0.4, 0.5) is 0 Å². The summed E-state index contributed by atoms with van der Waals surface area (Å²) >= 11 is 0. The number of carbonyl (C=O) groups is 1. The number of aromatic carboxylic acids is 1. The molecule has 1 aromatic rings. The second kappa shape index (κ2) is 4.79. The van der Waals surface area contributed by atoms with E-state index in [2.05, 4.69) is 29.1 Å². The van der Waals surface area contributed by atoms with Crippen molar-refractivity contribution in [1.29, 1.82) is 0 Å². The van der Waals surface area contributed by atoms with Gasteiger partial charge in [-0.15, -0.1) is 0 Å². The van der Waals surface area contributed by atoms with Crippen molar-refractivity contribution < 1.29 is 9.90 Å². The lowest BCUT2D eigenvalue weighted by atomic mass is 10.0. The van der Waals surface area contributed by atoms with Crippen molar-refractivity contribution in [2.24, 2.45) is 5.92 Å². The van der Waals surface area contributed by atoms with Gasteiger partial charge in [0.15, 0.2) is 5.69 Å². The predicted octanol–water partition coefficient (Wildman–Crippen LogP) is 1.02. The molecule has 0 atom stereocenters. The SMILES string of the molecule is CC(C)Cc1nc2c(c(C(=O)O)n1)CNCC2. The minimum absolute atomic E-state index is 0.165. The zero-order chi connectivity index (χ0) is 12.4. The molecular weight excluding hydrogens is 218 g/mol. The molecule has 0 fully saturated rings. The van der Waals surface area contributed by atoms with E-state index >= 15 is 0 Å². The lowest BCUT2D eigenvalue weighted by Crippen LogP contribution is -2.28. The molecule has 17 heavy (non-hydrogen) atoms. The van der Waals surface area contributed by atoms with Crippen LogP contribution < -0.4 is 5.32 Å². The van der Waals surface area contributed by atoms with Crippen LogP contribution in [0.25, 0.3) is 0 Å². The number of nitrogens with one attached hydrogen (secondary N) is 1. The molecule has 0 amide bonds. The highest BCUT2D eigenvalue weighted by atomic mass is 16.4. The van der Waals surface area contributed by atoms with E-state index in [9.17, 15) is 9.90 Å². The van der Waals surface area contributed by atoms with Crippen molar-refractivity contribution in [3.8, 4) is 0 Å². The number of carboxylic acid groups (broad SMARTS) is 1. The summed E-state index contributed by atoms with van der Waals surface area (Å²) in [5.74, 6) is 0.117. The molecule has 0 bridgehead atoms. The van der Waals surface area contributed by atoms with Gasteiger partial charge in [-0.05, 0) is 5.92 Å². The Morgan fingerprint density at radius 2 is 2.24 bits per heavy atom. The lowest BCUT2D eigenvalue weighted by molar-refractivity contribution is 0.0687. The monoisotopic (exact) mass is 235 g/mol. The van der Waals surface area contributed by atoms with Crippen LogP contribution in [0.2, 0.25) is 0 Å². The highest BCUT2D eigenvalue weighted by Crippen LogP contribution is 2.17. The molecule has 2 N–H and O–H groups in total. The minimum atomic E-state index is -0.961. The van der Waals surface area contributed by atoms with E-state index in [-0.39, 0.29) is 5.69 Å². The van der Waals surface area contributed by atoms with Gasteiger partial charge in [-0.3, -0.25) is 0 Å². The van der Waals surface area contributed by atoms with Crippen molar-refractivity contribution in [3.63, 3.8) is 0 Å². The minimum Gasteiger partial charge on any atom is -0.476 e. The fraction of sp³-hybridized carbons (Fsp3) is 0.583. The number of rotatable bonds is 3. The molecular formula is C12H17N3O2. The molecule has 0 saturated carbocycles. The lowest BCUT2D eigenvalue weighted by Gasteiger charge is -2.18. The maximum absolute atomic E-state index is 11.2. The van der Waals surface area contributed by atoms with Crippen molar-refractivity contribution in [2.75, 3.05) is 6.54 Å². The Morgan fingerprint density at radius 3 is 2.88 bits per heavy atom. The summed E-state index contributed by atoms with van der Waals surface area (Å²) in [5.41, 5.74) is 1.81. The topological polar surface area (TPSA) is 75.1 Å². The average molecular weight is 235 g/mol. The third-order valence-corrected chi connectivity index (χ3v) is 2.77. The van der Waals surface area contributed by atoms with Gasteiger partial charge in [-0.2, -0.15) is 0 Å². The third-order valence-electron chi connectivity index (χ3n) is 2.77. The Hall–Kier alpha value is -1.49. The van der Waals surface area contributed by atoms with E-state index in [1.165, 1.54) is 0 Å². The van der Waals surface area contributed by atoms with Gasteiger partial charge in [0.25, 0.3) is 0 Å². The first-order chi connectivity index (χ1) is 8.08. The van der Waals surface area contributed by atoms with Gasteiger partial charge in [-0.1, -0.05) is 13.8 Å². The largest absolute Gasteiger partial charge is 0.476 e. The van der Waals surface area contributed by atoms with Gasteiger partial charge in [0.1, 0.15) is 5.82 Å². The van der Waals surface area contributed by atoms with E-state index < -0.39 is 5.97 Å². The van der Waals surface area contributed by atoms with E-state index in [0.29, 0.717) is 18.3 Å². The summed E-state index contributed by atoms with van der Waals surface area (Å²) in [5, 5.41) is 12.3. The van der Waals surface area contributed by atoms with Crippen molar-refractivity contribution >= 4 is 5.97 Å². The Balaban J connectivity index is 2.44. The molecule has 0 radical (unpaired) electrons. The van der Waals surface area contributed by atoms with Gasteiger partial charge in [0.05, 0.1) is 5.69 Å². The number of nitrogens with zero attached hydrogens (tertiary/aromatic N) is 2. The number of fused-ring (bicyclic) bond motifs is 1. The highest BCUT2D eigenvalue weighted by Gasteiger charge is 2.21. The Kier molecular flexibility index (Phi) is 3.38. The summed E-state index contributed by atoms with van der Waals surface area (Å²) in [4.78, 5) is 19.8. The average Bonchev–Trinajstić information content (AvgIpc) is 2.27. The molecule has 1 aromatic heterocycles. The molecule has 92 valence electrons. The summed E-state index contributed by atoms with van der Waals surface area (Å²) in [6.45, 7) is 5.55. The molecule has 0 saturated heterocycles. The molecule has 0 aromatic carbocycles. The summed E-state index contributed by atoms with van der Waals surface area (Å²) < 4.78 is 0. The standard InChI is InChI=1S/C12H17N3O2/c1-7(2)5-10-14-9-3-4-13-6-8(9)11(15-10)12(16)17/h7,13H,3-6H2,1-2H3,(H,16,17). The van der Waals surface area contributed by atoms with E-state index in [0.717, 1.165) is 30.6 Å². The quantitative estimate of drug-likeness (QED) is 0.818. The second-order valence-corrected chi connectivity index (χ2v) is 4.74. The van der Waals surface area contributed by atoms with Gasteiger partial charge in [-0.25, -0.2) is 14.8 Å². The Labute approximate surface area is 100 Å². The molecule has 0 unspecified atom stereocenters. The molecule has 5 heteroatoms. The van der Waals surface area contributed by atoms with Crippen LogP contribution in [-0.4, -0.2) is 27.6 Å². The Morgan fingerprint density at radius 1 is 1.47 bits per heavy atom. The normalized spacial score (nSPS) is 14.8. The fourth-order valence-corrected chi connectivity index (χ4v) is 2.03.